The normalized spacial score (nSPS) is 11.9. The van der Waals surface area contributed by atoms with Crippen molar-refractivity contribution in [3.8, 4) is 11.5 Å². The summed E-state index contributed by atoms with van der Waals surface area (Å²) < 4.78 is 10.6. The quantitative estimate of drug-likeness (QED) is 0.654. The Bertz CT molecular complexity index is 644. The Morgan fingerprint density at radius 2 is 2.09 bits per heavy atom. The molecule has 0 saturated carbocycles. The van der Waals surface area contributed by atoms with Crippen LogP contribution in [0.3, 0.4) is 0 Å². The molecule has 6 nitrogen and oxygen atoms in total. The molecular formula is C16H17N3O3. The van der Waals surface area contributed by atoms with Crippen molar-refractivity contribution in [1.29, 1.82) is 0 Å². The van der Waals surface area contributed by atoms with Gasteiger partial charge >= 0.3 is 0 Å². The number of carbonyl (C=O) groups excluding carboxylic acids is 1. The van der Waals surface area contributed by atoms with Gasteiger partial charge in [0.25, 0.3) is 5.91 Å². The Kier molecular flexibility index (Phi) is 5.48. The van der Waals surface area contributed by atoms with Gasteiger partial charge in [-0.2, -0.15) is 5.10 Å². The minimum absolute atomic E-state index is 0.352. The number of carbonyl (C=O) groups is 1. The standard InChI is InChI=1S/C16H17N3O3/c1-12(22-15-8-5-7-14(10-15)21-2)16(20)19-18-11-13-6-3-4-9-17-13/h3-12H,1-2H3,(H,19,20)/b18-11+. The highest BCUT2D eigenvalue weighted by molar-refractivity contribution is 5.83. The molecule has 0 aliphatic carbocycles. The third-order valence-electron chi connectivity index (χ3n) is 2.78. The number of aromatic nitrogens is 1. The monoisotopic (exact) mass is 299 g/mol. The van der Waals surface area contributed by atoms with E-state index in [4.69, 9.17) is 9.47 Å². The van der Waals surface area contributed by atoms with Crippen molar-refractivity contribution in [3.63, 3.8) is 0 Å². The average molecular weight is 299 g/mol. The van der Waals surface area contributed by atoms with E-state index < -0.39 is 6.10 Å². The molecule has 0 fully saturated rings. The summed E-state index contributed by atoms with van der Waals surface area (Å²) in [6.45, 7) is 1.64. The lowest BCUT2D eigenvalue weighted by atomic mass is 10.3. The van der Waals surface area contributed by atoms with Crippen LogP contribution < -0.4 is 14.9 Å². The summed E-state index contributed by atoms with van der Waals surface area (Å²) in [5.74, 6) is 0.865. The van der Waals surface area contributed by atoms with Crippen LogP contribution in [0.4, 0.5) is 0 Å². The first-order chi connectivity index (χ1) is 10.7. The van der Waals surface area contributed by atoms with Crippen LogP contribution in [0.2, 0.25) is 0 Å². The number of hydrogen-bond acceptors (Lipinski definition) is 5. The van der Waals surface area contributed by atoms with Crippen LogP contribution in [-0.4, -0.2) is 30.3 Å². The van der Waals surface area contributed by atoms with Gasteiger partial charge in [-0.1, -0.05) is 12.1 Å². The molecule has 1 aromatic carbocycles. The first kappa shape index (κ1) is 15.5. The van der Waals surface area contributed by atoms with Gasteiger partial charge in [0.15, 0.2) is 6.10 Å². The lowest BCUT2D eigenvalue weighted by Crippen LogP contribution is -2.33. The van der Waals surface area contributed by atoms with E-state index in [0.717, 1.165) is 0 Å². The second-order valence-electron chi connectivity index (χ2n) is 4.43. The molecule has 1 N–H and O–H groups in total. The number of methoxy groups -OCH3 is 1. The maximum Gasteiger partial charge on any atom is 0.280 e. The molecule has 114 valence electrons. The molecule has 2 rings (SSSR count). The topological polar surface area (TPSA) is 72.8 Å². The average Bonchev–Trinajstić information content (AvgIpc) is 2.56. The number of rotatable bonds is 6. The van der Waals surface area contributed by atoms with E-state index in [1.165, 1.54) is 6.21 Å². The second-order valence-corrected chi connectivity index (χ2v) is 4.43. The number of nitrogens with one attached hydrogen (secondary N) is 1. The predicted octanol–water partition coefficient (Wildman–Crippen LogP) is 2.01. The molecule has 0 saturated heterocycles. The molecule has 0 spiro atoms. The second kappa shape index (κ2) is 7.78. The van der Waals surface area contributed by atoms with Crippen LogP contribution >= 0.6 is 0 Å². The smallest absolute Gasteiger partial charge is 0.280 e. The molecule has 2 aromatic rings. The number of benzene rings is 1. The third-order valence-corrected chi connectivity index (χ3v) is 2.78. The lowest BCUT2D eigenvalue weighted by Gasteiger charge is -2.13. The Morgan fingerprint density at radius 1 is 1.27 bits per heavy atom. The van der Waals surface area contributed by atoms with E-state index in [-0.39, 0.29) is 5.91 Å². The number of ether oxygens (including phenoxy) is 2. The first-order valence-corrected chi connectivity index (χ1v) is 6.73. The van der Waals surface area contributed by atoms with Crippen molar-refractivity contribution in [2.45, 2.75) is 13.0 Å². The number of hydrogen-bond donors (Lipinski definition) is 1. The van der Waals surface area contributed by atoms with Gasteiger partial charge in [0, 0.05) is 12.3 Å². The van der Waals surface area contributed by atoms with Gasteiger partial charge in [0.05, 0.1) is 19.0 Å². The Hall–Kier alpha value is -2.89. The van der Waals surface area contributed by atoms with Crippen LogP contribution in [0.1, 0.15) is 12.6 Å². The largest absolute Gasteiger partial charge is 0.497 e. The maximum absolute atomic E-state index is 11.9. The fraction of sp³-hybridized carbons (Fsp3) is 0.188. The molecule has 1 heterocycles. The Morgan fingerprint density at radius 3 is 2.82 bits per heavy atom. The van der Waals surface area contributed by atoms with Crippen LogP contribution in [0, 0.1) is 0 Å². The van der Waals surface area contributed by atoms with E-state index in [2.05, 4.69) is 15.5 Å². The number of pyridine rings is 1. The van der Waals surface area contributed by atoms with Crippen molar-refractivity contribution >= 4 is 12.1 Å². The van der Waals surface area contributed by atoms with Gasteiger partial charge in [-0.05, 0) is 31.2 Å². The summed E-state index contributed by atoms with van der Waals surface area (Å²) in [5.41, 5.74) is 3.07. The lowest BCUT2D eigenvalue weighted by molar-refractivity contribution is -0.127. The molecule has 0 aliphatic rings. The van der Waals surface area contributed by atoms with E-state index >= 15 is 0 Å². The zero-order valence-electron chi connectivity index (χ0n) is 12.4. The molecule has 22 heavy (non-hydrogen) atoms. The molecule has 1 aromatic heterocycles. The minimum atomic E-state index is -0.687. The van der Waals surface area contributed by atoms with Crippen molar-refractivity contribution in [3.05, 3.63) is 54.4 Å². The fourth-order valence-electron chi connectivity index (χ4n) is 1.64. The van der Waals surface area contributed by atoms with Gasteiger partial charge in [0.2, 0.25) is 0 Å². The zero-order chi connectivity index (χ0) is 15.8. The van der Waals surface area contributed by atoms with Crippen molar-refractivity contribution in [2.75, 3.05) is 7.11 Å². The summed E-state index contributed by atoms with van der Waals surface area (Å²) in [6, 6.07) is 12.5. The van der Waals surface area contributed by atoms with Gasteiger partial charge < -0.3 is 9.47 Å². The zero-order valence-corrected chi connectivity index (χ0v) is 12.4. The molecule has 1 amide bonds. The summed E-state index contributed by atoms with van der Waals surface area (Å²) >= 11 is 0. The van der Waals surface area contributed by atoms with Gasteiger partial charge in [-0.3, -0.25) is 9.78 Å². The fourth-order valence-corrected chi connectivity index (χ4v) is 1.64. The highest BCUT2D eigenvalue weighted by Crippen LogP contribution is 2.19. The highest BCUT2D eigenvalue weighted by atomic mass is 16.5. The van der Waals surface area contributed by atoms with Gasteiger partial charge in [-0.25, -0.2) is 5.43 Å². The number of nitrogens with zero attached hydrogens (tertiary/aromatic N) is 2. The highest BCUT2D eigenvalue weighted by Gasteiger charge is 2.14. The summed E-state index contributed by atoms with van der Waals surface area (Å²) in [4.78, 5) is 16.0. The van der Waals surface area contributed by atoms with E-state index in [0.29, 0.717) is 17.2 Å². The molecule has 0 bridgehead atoms. The van der Waals surface area contributed by atoms with Crippen LogP contribution in [-0.2, 0) is 4.79 Å². The molecule has 6 heteroatoms. The van der Waals surface area contributed by atoms with Crippen molar-refractivity contribution < 1.29 is 14.3 Å². The third kappa shape index (κ3) is 4.59. The SMILES string of the molecule is COc1cccc(OC(C)C(=O)N/N=C/c2ccccn2)c1. The molecule has 0 aliphatic heterocycles. The number of hydrazone groups is 1. The maximum atomic E-state index is 11.9. The minimum Gasteiger partial charge on any atom is -0.497 e. The predicted molar refractivity (Wildman–Crippen MR) is 83.1 cm³/mol. The molecular weight excluding hydrogens is 282 g/mol. The van der Waals surface area contributed by atoms with E-state index in [1.807, 2.05) is 6.07 Å². The van der Waals surface area contributed by atoms with Crippen LogP contribution in [0.25, 0.3) is 0 Å². The van der Waals surface area contributed by atoms with Gasteiger partial charge in [-0.15, -0.1) is 0 Å². The Balaban J connectivity index is 1.88. The molecule has 0 radical (unpaired) electrons. The van der Waals surface area contributed by atoms with Crippen LogP contribution in [0.15, 0.2) is 53.8 Å². The molecule has 1 atom stereocenters. The molecule has 1 unspecified atom stereocenters. The van der Waals surface area contributed by atoms with E-state index in [1.54, 1.807) is 56.6 Å². The number of amides is 1. The summed E-state index contributed by atoms with van der Waals surface area (Å²) in [5, 5.41) is 3.85. The Labute approximate surface area is 128 Å². The van der Waals surface area contributed by atoms with E-state index in [9.17, 15) is 4.79 Å². The van der Waals surface area contributed by atoms with Crippen LogP contribution in [0.5, 0.6) is 11.5 Å². The van der Waals surface area contributed by atoms with Crippen molar-refractivity contribution in [2.24, 2.45) is 5.10 Å². The summed E-state index contributed by atoms with van der Waals surface area (Å²) in [7, 11) is 1.57. The van der Waals surface area contributed by atoms with Gasteiger partial charge in [0.1, 0.15) is 11.5 Å². The summed E-state index contributed by atoms with van der Waals surface area (Å²) in [6.07, 6.45) is 2.43. The van der Waals surface area contributed by atoms with Crippen molar-refractivity contribution in [1.82, 2.24) is 10.4 Å². The first-order valence-electron chi connectivity index (χ1n) is 6.73.